The smallest absolute Gasteiger partial charge is 0.227 e. The summed E-state index contributed by atoms with van der Waals surface area (Å²) < 4.78 is 5.88. The standard InChI is InChI=1S/C20H22N2O2/c1-4-5-6-19(23)21-15-8-10-18-17(12-15)22-20(24-18)16-9-7-13(2)11-14(16)3/h7-12H,4-6H2,1-3H3,(H,21,23). The second-order valence-corrected chi connectivity index (χ2v) is 6.17. The fourth-order valence-electron chi connectivity index (χ4n) is 2.73. The molecule has 4 nitrogen and oxygen atoms in total. The number of carbonyl (C=O) groups excluding carboxylic acids is 1. The van der Waals surface area contributed by atoms with Crippen molar-refractivity contribution in [3.05, 3.63) is 47.5 Å². The van der Waals surface area contributed by atoms with Crippen LogP contribution in [0, 0.1) is 13.8 Å². The van der Waals surface area contributed by atoms with E-state index in [4.69, 9.17) is 4.42 Å². The predicted octanol–water partition coefficient (Wildman–Crippen LogP) is 5.24. The number of hydrogen-bond acceptors (Lipinski definition) is 3. The zero-order valence-corrected chi connectivity index (χ0v) is 14.3. The zero-order chi connectivity index (χ0) is 17.1. The first-order chi connectivity index (χ1) is 11.6. The minimum Gasteiger partial charge on any atom is -0.436 e. The molecule has 0 aliphatic heterocycles. The van der Waals surface area contributed by atoms with E-state index in [1.165, 1.54) is 5.56 Å². The first-order valence-corrected chi connectivity index (χ1v) is 8.35. The summed E-state index contributed by atoms with van der Waals surface area (Å²) >= 11 is 0. The van der Waals surface area contributed by atoms with Crippen molar-refractivity contribution in [3.8, 4) is 11.5 Å². The molecule has 24 heavy (non-hydrogen) atoms. The van der Waals surface area contributed by atoms with Crippen molar-refractivity contribution in [3.63, 3.8) is 0 Å². The molecule has 0 fully saturated rings. The third kappa shape index (κ3) is 3.48. The number of aromatic nitrogens is 1. The number of oxazole rings is 1. The first kappa shape index (κ1) is 16.2. The van der Waals surface area contributed by atoms with Gasteiger partial charge in [-0.05, 0) is 50.1 Å². The topological polar surface area (TPSA) is 55.1 Å². The molecule has 1 amide bonds. The van der Waals surface area contributed by atoms with Crippen LogP contribution >= 0.6 is 0 Å². The van der Waals surface area contributed by atoms with Gasteiger partial charge in [-0.15, -0.1) is 0 Å². The second kappa shape index (κ2) is 6.87. The van der Waals surface area contributed by atoms with Gasteiger partial charge in [-0.1, -0.05) is 31.0 Å². The Morgan fingerprint density at radius 3 is 2.75 bits per heavy atom. The number of amides is 1. The largest absolute Gasteiger partial charge is 0.436 e. The van der Waals surface area contributed by atoms with Crippen LogP contribution in [-0.2, 0) is 4.79 Å². The number of aryl methyl sites for hydroxylation is 2. The Kier molecular flexibility index (Phi) is 4.65. The number of anilines is 1. The van der Waals surface area contributed by atoms with Gasteiger partial charge in [0.1, 0.15) is 5.52 Å². The molecule has 0 radical (unpaired) electrons. The van der Waals surface area contributed by atoms with Crippen molar-refractivity contribution in [1.82, 2.24) is 4.98 Å². The Morgan fingerprint density at radius 2 is 2.00 bits per heavy atom. The lowest BCUT2D eigenvalue weighted by molar-refractivity contribution is -0.116. The number of hydrogen-bond donors (Lipinski definition) is 1. The molecule has 2 aromatic carbocycles. The highest BCUT2D eigenvalue weighted by molar-refractivity contribution is 5.93. The molecule has 3 aromatic rings. The molecule has 0 bridgehead atoms. The molecule has 0 aliphatic rings. The van der Waals surface area contributed by atoms with Crippen LogP contribution in [0.25, 0.3) is 22.6 Å². The van der Waals surface area contributed by atoms with E-state index in [2.05, 4.69) is 43.2 Å². The van der Waals surface area contributed by atoms with Crippen LogP contribution in [0.3, 0.4) is 0 Å². The van der Waals surface area contributed by atoms with Gasteiger partial charge in [-0.3, -0.25) is 4.79 Å². The van der Waals surface area contributed by atoms with Crippen molar-refractivity contribution in [1.29, 1.82) is 0 Å². The fourth-order valence-corrected chi connectivity index (χ4v) is 2.73. The average molecular weight is 322 g/mol. The molecule has 3 rings (SSSR count). The molecular weight excluding hydrogens is 300 g/mol. The van der Waals surface area contributed by atoms with Crippen LogP contribution < -0.4 is 5.32 Å². The zero-order valence-electron chi connectivity index (χ0n) is 14.3. The van der Waals surface area contributed by atoms with E-state index < -0.39 is 0 Å². The highest BCUT2D eigenvalue weighted by Gasteiger charge is 2.11. The summed E-state index contributed by atoms with van der Waals surface area (Å²) in [5.41, 5.74) is 5.56. The fraction of sp³-hybridized carbons (Fsp3) is 0.300. The number of rotatable bonds is 5. The molecule has 0 saturated carbocycles. The van der Waals surface area contributed by atoms with Crippen LogP contribution in [0.5, 0.6) is 0 Å². The summed E-state index contributed by atoms with van der Waals surface area (Å²) in [6.07, 6.45) is 2.45. The molecule has 0 saturated heterocycles. The van der Waals surface area contributed by atoms with Crippen molar-refractivity contribution in [2.24, 2.45) is 0 Å². The number of nitrogens with zero attached hydrogens (tertiary/aromatic N) is 1. The van der Waals surface area contributed by atoms with Gasteiger partial charge in [-0.25, -0.2) is 4.98 Å². The van der Waals surface area contributed by atoms with Crippen molar-refractivity contribution in [2.45, 2.75) is 40.0 Å². The van der Waals surface area contributed by atoms with Crippen LogP contribution in [0.1, 0.15) is 37.3 Å². The maximum Gasteiger partial charge on any atom is 0.227 e. The van der Waals surface area contributed by atoms with Crippen LogP contribution in [0.15, 0.2) is 40.8 Å². The van der Waals surface area contributed by atoms with Gasteiger partial charge >= 0.3 is 0 Å². The maximum absolute atomic E-state index is 11.9. The molecule has 0 aliphatic carbocycles. The summed E-state index contributed by atoms with van der Waals surface area (Å²) in [7, 11) is 0. The van der Waals surface area contributed by atoms with Gasteiger partial charge in [0.05, 0.1) is 0 Å². The van der Waals surface area contributed by atoms with E-state index >= 15 is 0 Å². The van der Waals surface area contributed by atoms with Gasteiger partial charge in [0, 0.05) is 17.7 Å². The molecule has 0 unspecified atom stereocenters. The molecule has 1 N–H and O–H groups in total. The van der Waals surface area contributed by atoms with Gasteiger partial charge < -0.3 is 9.73 Å². The number of unbranched alkanes of at least 4 members (excludes halogenated alkanes) is 1. The summed E-state index contributed by atoms with van der Waals surface area (Å²) in [4.78, 5) is 16.4. The van der Waals surface area contributed by atoms with Gasteiger partial charge in [0.15, 0.2) is 5.58 Å². The lowest BCUT2D eigenvalue weighted by atomic mass is 10.1. The van der Waals surface area contributed by atoms with E-state index in [1.54, 1.807) is 0 Å². The van der Waals surface area contributed by atoms with Crippen LogP contribution in [0.2, 0.25) is 0 Å². The highest BCUT2D eigenvalue weighted by Crippen LogP contribution is 2.28. The molecular formula is C20H22N2O2. The van der Waals surface area contributed by atoms with Crippen molar-refractivity contribution >= 4 is 22.7 Å². The molecule has 4 heteroatoms. The molecule has 124 valence electrons. The van der Waals surface area contributed by atoms with Crippen LogP contribution in [-0.4, -0.2) is 10.9 Å². The third-order valence-corrected chi connectivity index (χ3v) is 4.04. The first-order valence-electron chi connectivity index (χ1n) is 8.35. The van der Waals surface area contributed by atoms with E-state index in [-0.39, 0.29) is 5.91 Å². The van der Waals surface area contributed by atoms with Gasteiger partial charge in [0.2, 0.25) is 11.8 Å². The molecule has 0 atom stereocenters. The summed E-state index contributed by atoms with van der Waals surface area (Å²) in [5.74, 6) is 0.645. The quantitative estimate of drug-likeness (QED) is 0.699. The number of fused-ring (bicyclic) bond motifs is 1. The number of nitrogens with one attached hydrogen (secondary N) is 1. The number of carbonyl (C=O) groups is 1. The van der Waals surface area contributed by atoms with Crippen molar-refractivity contribution < 1.29 is 9.21 Å². The third-order valence-electron chi connectivity index (χ3n) is 4.04. The molecule has 0 spiro atoms. The van der Waals surface area contributed by atoms with Gasteiger partial charge in [-0.2, -0.15) is 0 Å². The molecule has 1 aromatic heterocycles. The normalized spacial score (nSPS) is 11.0. The average Bonchev–Trinajstić information content (AvgIpc) is 2.95. The molecule has 1 heterocycles. The van der Waals surface area contributed by atoms with Gasteiger partial charge in [0.25, 0.3) is 0 Å². The van der Waals surface area contributed by atoms with E-state index in [0.717, 1.165) is 40.8 Å². The Labute approximate surface area is 141 Å². The highest BCUT2D eigenvalue weighted by atomic mass is 16.3. The number of benzene rings is 2. The predicted molar refractivity (Wildman–Crippen MR) is 97.1 cm³/mol. The maximum atomic E-state index is 11.9. The second-order valence-electron chi connectivity index (χ2n) is 6.17. The SMILES string of the molecule is CCCCC(=O)Nc1ccc2oc(-c3ccc(C)cc3C)nc2c1. The summed E-state index contributed by atoms with van der Waals surface area (Å²) in [6, 6.07) is 11.8. The monoisotopic (exact) mass is 322 g/mol. The lowest BCUT2D eigenvalue weighted by Crippen LogP contribution is -2.10. The Balaban J connectivity index is 1.87. The lowest BCUT2D eigenvalue weighted by Gasteiger charge is -2.03. The Hall–Kier alpha value is -2.62. The Bertz CT molecular complexity index is 880. The minimum atomic E-state index is 0.0364. The van der Waals surface area contributed by atoms with Crippen molar-refractivity contribution in [2.75, 3.05) is 5.32 Å². The summed E-state index contributed by atoms with van der Waals surface area (Å²) in [5, 5.41) is 2.92. The summed E-state index contributed by atoms with van der Waals surface area (Å²) in [6.45, 7) is 6.19. The Morgan fingerprint density at radius 1 is 1.17 bits per heavy atom. The van der Waals surface area contributed by atoms with E-state index in [9.17, 15) is 4.79 Å². The van der Waals surface area contributed by atoms with E-state index in [0.29, 0.717) is 12.3 Å². The minimum absolute atomic E-state index is 0.0364. The van der Waals surface area contributed by atoms with E-state index in [1.807, 2.05) is 24.3 Å². The van der Waals surface area contributed by atoms with Crippen LogP contribution in [0.4, 0.5) is 5.69 Å².